The van der Waals surface area contributed by atoms with Gasteiger partial charge in [-0.2, -0.15) is 13.5 Å². The molecule has 0 fully saturated rings. The number of halogens is 2. The number of para-hydroxylation sites is 1. The Morgan fingerprint density at radius 3 is 2.65 bits per heavy atom. The smallest absolute Gasteiger partial charge is 0.341 e. The average molecular weight is 576 g/mol. The molecule has 0 aliphatic rings. The molecule has 14 heteroatoms. The predicted octanol–water partition coefficient (Wildman–Crippen LogP) is 5.54. The fourth-order valence-electron chi connectivity index (χ4n) is 3.18. The van der Waals surface area contributed by atoms with E-state index in [0.29, 0.717) is 16.1 Å². The van der Waals surface area contributed by atoms with Crippen LogP contribution >= 0.6 is 35.4 Å². The summed E-state index contributed by atoms with van der Waals surface area (Å²) in [7, 11) is -4.43. The maximum absolute atomic E-state index is 13.0. The third-order valence-electron chi connectivity index (χ3n) is 4.82. The standard InChI is InChI=1S/C23H15Cl2N5O5S2/c24-16-6-2-7-17(21(16)25)28-23(36)29-27-13-14-9-10-19(18(12-14)30(31)32)35-37(33,34)20-8-1-4-15-5-3-11-26-22(15)20/h1-13H,(H2,28,29,36)/b27-13+. The Hall–Kier alpha value is -3.84. The number of benzene rings is 3. The second-order valence-electron chi connectivity index (χ2n) is 7.28. The zero-order valence-electron chi connectivity index (χ0n) is 18.5. The number of hydrazone groups is 1. The number of nitrogens with one attached hydrogen (secondary N) is 2. The Morgan fingerprint density at radius 1 is 1.11 bits per heavy atom. The highest BCUT2D eigenvalue weighted by Gasteiger charge is 2.25. The van der Waals surface area contributed by atoms with Crippen molar-refractivity contribution in [1.82, 2.24) is 10.4 Å². The summed E-state index contributed by atoms with van der Waals surface area (Å²) in [5, 5.41) is 19.7. The van der Waals surface area contributed by atoms with E-state index in [4.69, 9.17) is 39.6 Å². The van der Waals surface area contributed by atoms with Gasteiger partial charge in [-0.25, -0.2) is 0 Å². The van der Waals surface area contributed by atoms with Crippen LogP contribution < -0.4 is 14.9 Å². The minimum absolute atomic E-state index is 0.0876. The van der Waals surface area contributed by atoms with E-state index in [1.165, 1.54) is 30.6 Å². The molecule has 0 atom stereocenters. The molecule has 0 saturated carbocycles. The van der Waals surface area contributed by atoms with E-state index in [0.717, 1.165) is 12.1 Å². The summed E-state index contributed by atoms with van der Waals surface area (Å²) in [6.07, 6.45) is 2.70. The largest absolute Gasteiger partial charge is 0.372 e. The van der Waals surface area contributed by atoms with Gasteiger partial charge in [-0.15, -0.1) is 0 Å². The summed E-state index contributed by atoms with van der Waals surface area (Å²) in [4.78, 5) is 14.8. The number of nitrogens with zero attached hydrogens (tertiary/aromatic N) is 3. The molecule has 0 spiro atoms. The van der Waals surface area contributed by atoms with Gasteiger partial charge in [0.15, 0.2) is 5.11 Å². The lowest BCUT2D eigenvalue weighted by atomic mass is 10.2. The van der Waals surface area contributed by atoms with Gasteiger partial charge in [0.2, 0.25) is 5.75 Å². The first-order valence-corrected chi connectivity index (χ1v) is 12.8. The lowest BCUT2D eigenvalue weighted by Crippen LogP contribution is -2.24. The molecule has 2 N–H and O–H groups in total. The van der Waals surface area contributed by atoms with Crippen molar-refractivity contribution in [2.45, 2.75) is 4.90 Å². The lowest BCUT2D eigenvalue weighted by Gasteiger charge is -2.10. The van der Waals surface area contributed by atoms with Crippen LogP contribution in [0.4, 0.5) is 11.4 Å². The molecule has 0 bridgehead atoms. The minimum Gasteiger partial charge on any atom is -0.372 e. The Labute approximate surface area is 226 Å². The molecule has 4 aromatic rings. The van der Waals surface area contributed by atoms with E-state index in [2.05, 4.69) is 20.8 Å². The third-order valence-corrected chi connectivity index (χ3v) is 7.10. The summed E-state index contributed by atoms with van der Waals surface area (Å²) in [6.45, 7) is 0. The molecule has 1 aromatic heterocycles. The first-order chi connectivity index (χ1) is 17.7. The molecule has 0 saturated heterocycles. The normalized spacial score (nSPS) is 11.4. The molecule has 0 amide bonds. The Morgan fingerprint density at radius 2 is 1.86 bits per heavy atom. The fourth-order valence-corrected chi connectivity index (χ4v) is 4.82. The van der Waals surface area contributed by atoms with Crippen LogP contribution in [0.5, 0.6) is 5.75 Å². The van der Waals surface area contributed by atoms with Gasteiger partial charge in [-0.3, -0.25) is 20.5 Å². The number of pyridine rings is 1. The molecule has 37 heavy (non-hydrogen) atoms. The topological polar surface area (TPSA) is 136 Å². The highest BCUT2D eigenvalue weighted by atomic mass is 35.5. The summed E-state index contributed by atoms with van der Waals surface area (Å²) in [5.74, 6) is -0.462. The molecule has 4 rings (SSSR count). The van der Waals surface area contributed by atoms with Crippen molar-refractivity contribution in [2.24, 2.45) is 5.10 Å². The second kappa shape index (κ2) is 11.0. The summed E-state index contributed by atoms with van der Waals surface area (Å²) < 4.78 is 31.1. The van der Waals surface area contributed by atoms with Gasteiger partial charge in [-0.1, -0.05) is 47.5 Å². The van der Waals surface area contributed by atoms with Crippen LogP contribution in [0.1, 0.15) is 5.56 Å². The molecule has 10 nitrogen and oxygen atoms in total. The Kier molecular flexibility index (Phi) is 7.83. The number of anilines is 1. The van der Waals surface area contributed by atoms with Crippen LogP contribution in [0.25, 0.3) is 10.9 Å². The monoisotopic (exact) mass is 575 g/mol. The molecule has 0 unspecified atom stereocenters. The highest BCUT2D eigenvalue weighted by molar-refractivity contribution is 7.87. The third kappa shape index (κ3) is 6.12. The number of fused-ring (bicyclic) bond motifs is 1. The van der Waals surface area contributed by atoms with Gasteiger partial charge in [0.1, 0.15) is 4.90 Å². The quantitative estimate of drug-likeness (QED) is 0.0956. The Balaban J connectivity index is 1.52. The Bertz CT molecular complexity index is 1660. The maximum Gasteiger partial charge on any atom is 0.341 e. The first kappa shape index (κ1) is 26.2. The van der Waals surface area contributed by atoms with E-state index in [1.54, 1.807) is 36.4 Å². The molecule has 3 aromatic carbocycles. The molecule has 188 valence electrons. The van der Waals surface area contributed by atoms with E-state index in [1.807, 2.05) is 0 Å². The van der Waals surface area contributed by atoms with Crippen LogP contribution in [0, 0.1) is 10.1 Å². The second-order valence-corrected chi connectivity index (χ2v) is 9.99. The van der Waals surface area contributed by atoms with Crippen molar-refractivity contribution in [3.63, 3.8) is 0 Å². The van der Waals surface area contributed by atoms with E-state index in [9.17, 15) is 18.5 Å². The number of hydrogen-bond acceptors (Lipinski definition) is 8. The number of nitro benzene ring substituents is 1. The van der Waals surface area contributed by atoms with Gasteiger partial charge in [-0.05, 0) is 48.6 Å². The van der Waals surface area contributed by atoms with Gasteiger partial charge in [0, 0.05) is 23.2 Å². The van der Waals surface area contributed by atoms with Crippen molar-refractivity contribution in [3.8, 4) is 5.75 Å². The summed E-state index contributed by atoms with van der Waals surface area (Å²) in [5.41, 5.74) is 2.90. The molecule has 0 aliphatic carbocycles. The van der Waals surface area contributed by atoms with Crippen LogP contribution in [-0.2, 0) is 10.1 Å². The van der Waals surface area contributed by atoms with E-state index < -0.39 is 26.5 Å². The van der Waals surface area contributed by atoms with Crippen LogP contribution in [0.15, 0.2) is 82.9 Å². The number of hydrogen-bond donors (Lipinski definition) is 2. The van der Waals surface area contributed by atoms with E-state index in [-0.39, 0.29) is 26.1 Å². The summed E-state index contributed by atoms with van der Waals surface area (Å²) >= 11 is 17.2. The van der Waals surface area contributed by atoms with E-state index >= 15 is 0 Å². The van der Waals surface area contributed by atoms with Crippen LogP contribution in [0.3, 0.4) is 0 Å². The van der Waals surface area contributed by atoms with Gasteiger partial charge >= 0.3 is 15.8 Å². The minimum atomic E-state index is -4.43. The molecule has 0 aliphatic heterocycles. The van der Waals surface area contributed by atoms with Crippen LogP contribution in [-0.4, -0.2) is 29.7 Å². The molecule has 1 heterocycles. The van der Waals surface area contributed by atoms with Gasteiger partial charge in [0.25, 0.3) is 0 Å². The SMILES string of the molecule is O=[N+]([O-])c1cc(/C=N/NC(=S)Nc2cccc(Cl)c2Cl)ccc1OS(=O)(=O)c1cccc2cccnc12. The first-order valence-electron chi connectivity index (χ1n) is 10.3. The fraction of sp³-hybridized carbons (Fsp3) is 0. The molecular formula is C23H15Cl2N5O5S2. The van der Waals surface area contributed by atoms with Crippen molar-refractivity contribution in [2.75, 3.05) is 5.32 Å². The lowest BCUT2D eigenvalue weighted by molar-refractivity contribution is -0.385. The number of thiocarbonyl (C=S) groups is 1. The van der Waals surface area contributed by atoms with Crippen molar-refractivity contribution >= 4 is 79.1 Å². The van der Waals surface area contributed by atoms with Gasteiger partial charge < -0.3 is 9.50 Å². The zero-order chi connectivity index (χ0) is 26.6. The maximum atomic E-state index is 13.0. The van der Waals surface area contributed by atoms with Crippen LogP contribution in [0.2, 0.25) is 10.0 Å². The molecule has 0 radical (unpaired) electrons. The number of nitro groups is 1. The summed E-state index contributed by atoms with van der Waals surface area (Å²) in [6, 6.07) is 16.5. The highest BCUT2D eigenvalue weighted by Crippen LogP contribution is 2.32. The average Bonchev–Trinajstić information content (AvgIpc) is 2.87. The zero-order valence-corrected chi connectivity index (χ0v) is 21.6. The van der Waals surface area contributed by atoms with Gasteiger partial charge in [0.05, 0.1) is 32.4 Å². The molecular weight excluding hydrogens is 561 g/mol. The van der Waals surface area contributed by atoms with Crippen molar-refractivity contribution < 1.29 is 17.5 Å². The van der Waals surface area contributed by atoms with Crippen molar-refractivity contribution in [3.05, 3.63) is 98.6 Å². The number of aromatic nitrogens is 1. The predicted molar refractivity (Wildman–Crippen MR) is 146 cm³/mol. The van der Waals surface area contributed by atoms with Crippen molar-refractivity contribution in [1.29, 1.82) is 0 Å². The number of rotatable bonds is 7.